The molecule has 0 aromatic rings. The molecule has 5 nitrogen and oxygen atoms in total. The Bertz CT molecular complexity index is 699. The van der Waals surface area contributed by atoms with Crippen molar-refractivity contribution >= 4 is 5.97 Å². The van der Waals surface area contributed by atoms with Crippen LogP contribution in [0.4, 0.5) is 0 Å². The van der Waals surface area contributed by atoms with Crippen molar-refractivity contribution < 1.29 is 19.0 Å². The quantitative estimate of drug-likeness (QED) is 0.573. The van der Waals surface area contributed by atoms with Gasteiger partial charge in [0.1, 0.15) is 0 Å². The summed E-state index contributed by atoms with van der Waals surface area (Å²) >= 11 is 0. The largest absolute Gasteiger partial charge is 0.469 e. The van der Waals surface area contributed by atoms with Crippen LogP contribution in [0.5, 0.6) is 0 Å². The van der Waals surface area contributed by atoms with Gasteiger partial charge in [-0.2, -0.15) is 0 Å². The minimum absolute atomic E-state index is 0.00676. The molecular formula is C24H37NO4. The van der Waals surface area contributed by atoms with Crippen LogP contribution in [-0.2, 0) is 19.0 Å². The molecule has 4 fully saturated rings. The van der Waals surface area contributed by atoms with Crippen molar-refractivity contribution in [1.82, 2.24) is 0 Å². The molecule has 1 heterocycles. The number of carbonyl (C=O) groups is 1. The highest BCUT2D eigenvalue weighted by molar-refractivity contribution is 5.73. The Labute approximate surface area is 174 Å². The monoisotopic (exact) mass is 403 g/mol. The van der Waals surface area contributed by atoms with Gasteiger partial charge in [0.05, 0.1) is 26.2 Å². The molecule has 5 rings (SSSR count). The van der Waals surface area contributed by atoms with Crippen LogP contribution in [0, 0.1) is 34.5 Å². The average molecular weight is 404 g/mol. The molecule has 0 bridgehead atoms. The maximum atomic E-state index is 12.5. The molecule has 2 N–H and O–H groups in total. The Balaban J connectivity index is 1.46. The van der Waals surface area contributed by atoms with E-state index >= 15 is 0 Å². The van der Waals surface area contributed by atoms with E-state index < -0.39 is 0 Å². The summed E-state index contributed by atoms with van der Waals surface area (Å²) in [5.74, 6) is 1.67. The molecule has 29 heavy (non-hydrogen) atoms. The third-order valence-corrected chi connectivity index (χ3v) is 9.72. The first-order chi connectivity index (χ1) is 14.0. The van der Waals surface area contributed by atoms with Crippen LogP contribution >= 0.6 is 0 Å². The van der Waals surface area contributed by atoms with Gasteiger partial charge in [0.15, 0.2) is 5.79 Å². The third kappa shape index (κ3) is 2.80. The smallest absolute Gasteiger partial charge is 0.309 e. The third-order valence-electron chi connectivity index (χ3n) is 9.72. The topological polar surface area (TPSA) is 70.8 Å². The number of carbonyl (C=O) groups excluding carboxylic acids is 1. The number of esters is 1. The van der Waals surface area contributed by atoms with Gasteiger partial charge >= 0.3 is 5.97 Å². The Morgan fingerprint density at radius 1 is 1.17 bits per heavy atom. The molecule has 0 aromatic carbocycles. The van der Waals surface area contributed by atoms with Crippen LogP contribution in [0.2, 0.25) is 0 Å². The number of hydrogen-bond acceptors (Lipinski definition) is 5. The van der Waals surface area contributed by atoms with Crippen molar-refractivity contribution in [2.45, 2.75) is 70.5 Å². The summed E-state index contributed by atoms with van der Waals surface area (Å²) in [4.78, 5) is 12.5. The lowest BCUT2D eigenvalue weighted by molar-refractivity contribution is -0.188. The van der Waals surface area contributed by atoms with E-state index in [1.54, 1.807) is 12.7 Å². The van der Waals surface area contributed by atoms with Gasteiger partial charge < -0.3 is 19.9 Å². The van der Waals surface area contributed by atoms with Gasteiger partial charge in [0.2, 0.25) is 0 Å². The van der Waals surface area contributed by atoms with Gasteiger partial charge in [-0.15, -0.1) is 0 Å². The summed E-state index contributed by atoms with van der Waals surface area (Å²) in [7, 11) is 1.54. The van der Waals surface area contributed by atoms with E-state index in [2.05, 4.69) is 13.0 Å². The lowest BCUT2D eigenvalue weighted by Gasteiger charge is -2.60. The van der Waals surface area contributed by atoms with Crippen molar-refractivity contribution in [3.05, 3.63) is 11.6 Å². The number of nitrogens with two attached hydrogens (primary N) is 1. The van der Waals surface area contributed by atoms with E-state index in [-0.39, 0.29) is 28.5 Å². The van der Waals surface area contributed by atoms with E-state index in [0.717, 1.165) is 71.1 Å². The fourth-order valence-electron chi connectivity index (χ4n) is 8.41. The number of rotatable bonds is 3. The molecule has 162 valence electrons. The lowest BCUT2D eigenvalue weighted by Crippen LogP contribution is -2.54. The lowest BCUT2D eigenvalue weighted by atomic mass is 9.46. The first kappa shape index (κ1) is 20.0. The summed E-state index contributed by atoms with van der Waals surface area (Å²) < 4.78 is 17.4. The predicted octanol–water partition coefficient (Wildman–Crippen LogP) is 3.81. The zero-order valence-corrected chi connectivity index (χ0v) is 18.1. The van der Waals surface area contributed by atoms with Crippen molar-refractivity contribution in [3.63, 3.8) is 0 Å². The highest BCUT2D eigenvalue weighted by Gasteiger charge is 2.62. The van der Waals surface area contributed by atoms with Crippen molar-refractivity contribution in [2.75, 3.05) is 26.9 Å². The van der Waals surface area contributed by atoms with Crippen LogP contribution in [0.1, 0.15) is 64.7 Å². The van der Waals surface area contributed by atoms with Gasteiger partial charge in [-0.25, -0.2) is 0 Å². The molecule has 0 amide bonds. The number of ether oxygens (including phenoxy) is 3. The SMILES string of the molecule is COC(=O)C1CC[C@H]2[C@@H]3CC=C4CC5(CCC4(CCN)[C@H]3CC[C@]12C)OCCO5. The van der Waals surface area contributed by atoms with E-state index in [0.29, 0.717) is 17.8 Å². The molecule has 0 radical (unpaired) electrons. The molecule has 2 unspecified atom stereocenters. The minimum atomic E-state index is -0.372. The molecule has 3 saturated carbocycles. The van der Waals surface area contributed by atoms with Gasteiger partial charge in [-0.3, -0.25) is 4.79 Å². The van der Waals surface area contributed by atoms with Crippen LogP contribution in [0.15, 0.2) is 11.6 Å². The molecule has 1 saturated heterocycles. The van der Waals surface area contributed by atoms with E-state index in [1.807, 2.05) is 0 Å². The summed E-state index contributed by atoms with van der Waals surface area (Å²) in [6, 6.07) is 0. The number of fused-ring (bicyclic) bond motifs is 5. The second kappa shape index (κ2) is 7.06. The van der Waals surface area contributed by atoms with Crippen LogP contribution in [-0.4, -0.2) is 38.6 Å². The molecule has 4 aliphatic carbocycles. The summed E-state index contributed by atoms with van der Waals surface area (Å²) in [5, 5.41) is 0. The Hall–Kier alpha value is -0.910. The van der Waals surface area contributed by atoms with Crippen molar-refractivity contribution in [2.24, 2.45) is 40.2 Å². The molecule has 1 aliphatic heterocycles. The Morgan fingerprint density at radius 3 is 2.69 bits per heavy atom. The minimum Gasteiger partial charge on any atom is -0.469 e. The zero-order chi connectivity index (χ0) is 20.3. The number of methoxy groups -OCH3 is 1. The standard InChI is InChI=1S/C24H37NO4/c1-22-8-7-19-17(18(22)5-6-20(22)21(26)27-2)4-3-16-15-24(28-13-14-29-24)10-9-23(16,19)11-12-25/h3,17-20H,4-15,25H2,1-2H3/t17-,18-,19-,20?,22-,23?/m0/s1. The first-order valence-corrected chi connectivity index (χ1v) is 11.7. The average Bonchev–Trinajstić information content (AvgIpc) is 3.32. The number of hydrogen-bond donors (Lipinski definition) is 1. The molecule has 5 heteroatoms. The summed E-state index contributed by atoms with van der Waals surface area (Å²) in [5.41, 5.74) is 8.05. The van der Waals surface area contributed by atoms with E-state index in [4.69, 9.17) is 19.9 Å². The van der Waals surface area contributed by atoms with Gasteiger partial charge in [0, 0.05) is 12.8 Å². The maximum absolute atomic E-state index is 12.5. The van der Waals surface area contributed by atoms with Crippen molar-refractivity contribution in [1.29, 1.82) is 0 Å². The predicted molar refractivity (Wildman–Crippen MR) is 110 cm³/mol. The molecule has 0 aromatic heterocycles. The highest BCUT2D eigenvalue weighted by Crippen LogP contribution is 2.68. The summed E-state index contributed by atoms with van der Waals surface area (Å²) in [6.45, 7) is 4.55. The normalized spacial score (nSPS) is 45.3. The Kier molecular flexibility index (Phi) is 4.88. The Morgan fingerprint density at radius 2 is 1.97 bits per heavy atom. The van der Waals surface area contributed by atoms with Gasteiger partial charge in [-0.05, 0) is 80.1 Å². The number of allylic oxidation sites excluding steroid dienone is 1. The van der Waals surface area contributed by atoms with Crippen LogP contribution < -0.4 is 5.73 Å². The van der Waals surface area contributed by atoms with Crippen LogP contribution in [0.3, 0.4) is 0 Å². The van der Waals surface area contributed by atoms with E-state index in [1.165, 1.54) is 6.42 Å². The second-order valence-electron chi connectivity index (χ2n) is 10.5. The molecule has 6 atom stereocenters. The van der Waals surface area contributed by atoms with E-state index in [9.17, 15) is 4.79 Å². The maximum Gasteiger partial charge on any atom is 0.309 e. The van der Waals surface area contributed by atoms with Gasteiger partial charge in [0.25, 0.3) is 0 Å². The van der Waals surface area contributed by atoms with Gasteiger partial charge in [-0.1, -0.05) is 18.6 Å². The summed E-state index contributed by atoms with van der Waals surface area (Å²) in [6.07, 6.45) is 12.3. The molecule has 1 spiro atoms. The fourth-order valence-corrected chi connectivity index (χ4v) is 8.41. The zero-order valence-electron chi connectivity index (χ0n) is 18.1. The highest BCUT2D eigenvalue weighted by atomic mass is 16.7. The van der Waals surface area contributed by atoms with Crippen LogP contribution in [0.25, 0.3) is 0 Å². The molecular weight excluding hydrogens is 366 g/mol. The fraction of sp³-hybridized carbons (Fsp3) is 0.875. The van der Waals surface area contributed by atoms with Crippen molar-refractivity contribution in [3.8, 4) is 0 Å². The first-order valence-electron chi connectivity index (χ1n) is 11.7. The molecule has 5 aliphatic rings. The second-order valence-corrected chi connectivity index (χ2v) is 10.5.